The minimum absolute atomic E-state index is 0.435. The Hall–Kier alpha value is -0.800. The Bertz CT molecular complexity index is 865. The third-order valence-corrected chi connectivity index (χ3v) is 7.81. The van der Waals surface area contributed by atoms with Crippen LogP contribution in [0.5, 0.6) is 0 Å². The van der Waals surface area contributed by atoms with Gasteiger partial charge in [0.05, 0.1) is 26.4 Å². The van der Waals surface area contributed by atoms with Crippen LogP contribution in [0.15, 0.2) is 0 Å². The molecular weight excluding hydrogens is 596 g/mol. The number of rotatable bonds is 9. The first-order chi connectivity index (χ1) is 20.3. The van der Waals surface area contributed by atoms with E-state index in [1.54, 1.807) is 0 Å². The third-order valence-electron chi connectivity index (χ3n) is 7.81. The summed E-state index contributed by atoms with van der Waals surface area (Å²) in [6.07, 6.45) is -32.7. The molecule has 4 rings (SSSR count). The summed E-state index contributed by atoms with van der Waals surface area (Å²) in [6.45, 7) is -2.95. The molecule has 4 heterocycles. The van der Waals surface area contributed by atoms with Crippen molar-refractivity contribution < 1.29 is 99.5 Å². The van der Waals surface area contributed by atoms with Crippen LogP contribution >= 0.6 is 0 Å². The molecule has 4 saturated heterocycles. The van der Waals surface area contributed by atoms with Gasteiger partial charge in [-0.2, -0.15) is 0 Å². The molecule has 0 aromatic rings. The third kappa shape index (κ3) is 7.13. The maximum Gasteiger partial charge on any atom is 0.187 e. The van der Waals surface area contributed by atoms with Gasteiger partial charge in [-0.3, -0.25) is 0 Å². The van der Waals surface area contributed by atoms with Crippen molar-refractivity contribution in [1.82, 2.24) is 0 Å². The highest BCUT2D eigenvalue weighted by molar-refractivity contribution is 4.97. The lowest BCUT2D eigenvalue weighted by Gasteiger charge is -2.48. The first kappa shape index (κ1) is 35.1. The van der Waals surface area contributed by atoms with Crippen molar-refractivity contribution in [3.8, 4) is 0 Å². The molecule has 4 aliphatic heterocycles. The molecule has 19 atom stereocenters. The Labute approximate surface area is 243 Å². The van der Waals surface area contributed by atoms with E-state index in [9.17, 15) is 66.4 Å². The number of aliphatic hydroxyl groups excluding tert-OH is 13. The molecule has 0 aromatic heterocycles. The number of hydrogen-bond acceptors (Lipinski definition) is 20. The molecule has 0 aliphatic carbocycles. The second-order valence-electron chi connectivity index (χ2n) is 10.7. The van der Waals surface area contributed by atoms with E-state index in [0.717, 1.165) is 0 Å². The molecule has 1 unspecified atom stereocenters. The van der Waals surface area contributed by atoms with Gasteiger partial charge in [0.2, 0.25) is 0 Å². The van der Waals surface area contributed by atoms with E-state index < -0.39 is 143 Å². The van der Waals surface area contributed by atoms with Crippen LogP contribution in [0.25, 0.3) is 0 Å². The van der Waals surface area contributed by atoms with E-state index in [2.05, 4.69) is 0 Å². The number of aliphatic hydroxyl groups is 13. The van der Waals surface area contributed by atoms with Gasteiger partial charge in [0.15, 0.2) is 25.2 Å². The zero-order valence-corrected chi connectivity index (χ0v) is 22.5. The normalized spacial score (nSPS) is 53.1. The zero-order chi connectivity index (χ0) is 31.7. The lowest BCUT2D eigenvalue weighted by atomic mass is 9.96. The molecule has 13 N–H and O–H groups in total. The topological polar surface area (TPSA) is 328 Å². The van der Waals surface area contributed by atoms with Crippen LogP contribution in [0.3, 0.4) is 0 Å². The molecule has 4 fully saturated rings. The Morgan fingerprint density at radius 2 is 0.837 bits per heavy atom. The fraction of sp³-hybridized carbons (Fsp3) is 1.00. The summed E-state index contributed by atoms with van der Waals surface area (Å²) in [4.78, 5) is 0. The molecule has 0 amide bonds. The van der Waals surface area contributed by atoms with Gasteiger partial charge in [0.25, 0.3) is 0 Å². The molecule has 4 aliphatic rings. The van der Waals surface area contributed by atoms with Crippen LogP contribution in [-0.2, 0) is 33.2 Å². The van der Waals surface area contributed by atoms with E-state index in [0.29, 0.717) is 0 Å². The second kappa shape index (κ2) is 14.7. The minimum atomic E-state index is -2.00. The Kier molecular flexibility index (Phi) is 12.0. The molecule has 252 valence electrons. The molecule has 0 bridgehead atoms. The lowest BCUT2D eigenvalue weighted by molar-refractivity contribution is -0.385. The van der Waals surface area contributed by atoms with Gasteiger partial charge in [0, 0.05) is 0 Å². The Morgan fingerprint density at radius 1 is 0.442 bits per heavy atom. The van der Waals surface area contributed by atoms with Gasteiger partial charge < -0.3 is 99.5 Å². The van der Waals surface area contributed by atoms with Crippen molar-refractivity contribution in [3.05, 3.63) is 0 Å². The molecule has 20 heteroatoms. The number of hydrogen-bond donors (Lipinski definition) is 13. The van der Waals surface area contributed by atoms with Crippen LogP contribution in [0.2, 0.25) is 0 Å². The van der Waals surface area contributed by atoms with Crippen molar-refractivity contribution in [2.75, 3.05) is 26.4 Å². The lowest BCUT2D eigenvalue weighted by Crippen LogP contribution is -2.67. The summed E-state index contributed by atoms with van der Waals surface area (Å²) in [7, 11) is 0. The quantitative estimate of drug-likeness (QED) is 0.112. The SMILES string of the molecule is OC[C@H]1O[C@H](O[C@H]2[C@H](O)[C@@H](O)[C@@H](O[C@H]3[C@H](O)[C@@H](O)[C@@H](O[C@@H]4[C@H](O)COC(O)[C@H]4O)O[C@@H]3CO)O[C@@H]2CO)[C@H](O)[C@@H](O)[C@@H]1O. The van der Waals surface area contributed by atoms with Gasteiger partial charge in [-0.05, 0) is 0 Å². The van der Waals surface area contributed by atoms with E-state index in [-0.39, 0.29) is 0 Å². The van der Waals surface area contributed by atoms with Gasteiger partial charge in [-0.25, -0.2) is 0 Å². The van der Waals surface area contributed by atoms with E-state index in [1.807, 2.05) is 0 Å². The molecule has 0 aromatic carbocycles. The highest BCUT2D eigenvalue weighted by atomic mass is 16.8. The van der Waals surface area contributed by atoms with Gasteiger partial charge >= 0.3 is 0 Å². The summed E-state index contributed by atoms with van der Waals surface area (Å²) in [6, 6.07) is 0. The van der Waals surface area contributed by atoms with Crippen LogP contribution < -0.4 is 0 Å². The average Bonchev–Trinajstić information content (AvgIpc) is 2.99. The maximum absolute atomic E-state index is 10.8. The highest BCUT2D eigenvalue weighted by Gasteiger charge is 2.54. The van der Waals surface area contributed by atoms with E-state index in [1.165, 1.54) is 0 Å². The summed E-state index contributed by atoms with van der Waals surface area (Å²) < 4.78 is 37.4. The average molecular weight is 637 g/mol. The van der Waals surface area contributed by atoms with Crippen LogP contribution in [-0.4, -0.2) is 210 Å². The molecule has 43 heavy (non-hydrogen) atoms. The zero-order valence-electron chi connectivity index (χ0n) is 22.5. The highest BCUT2D eigenvalue weighted by Crippen LogP contribution is 2.33. The first-order valence-corrected chi connectivity index (χ1v) is 13.5. The summed E-state index contributed by atoms with van der Waals surface area (Å²) in [5.74, 6) is 0. The minimum Gasteiger partial charge on any atom is -0.394 e. The number of ether oxygens (including phenoxy) is 7. The smallest absolute Gasteiger partial charge is 0.187 e. The Balaban J connectivity index is 1.42. The summed E-state index contributed by atoms with van der Waals surface area (Å²) in [5, 5.41) is 132. The van der Waals surface area contributed by atoms with Crippen molar-refractivity contribution in [1.29, 1.82) is 0 Å². The molecule has 0 radical (unpaired) electrons. The van der Waals surface area contributed by atoms with Crippen LogP contribution in [0.1, 0.15) is 0 Å². The van der Waals surface area contributed by atoms with Gasteiger partial charge in [0.1, 0.15) is 91.6 Å². The van der Waals surface area contributed by atoms with Crippen molar-refractivity contribution in [2.24, 2.45) is 0 Å². The van der Waals surface area contributed by atoms with Crippen molar-refractivity contribution in [2.45, 2.75) is 117 Å². The monoisotopic (exact) mass is 636 g/mol. The van der Waals surface area contributed by atoms with Crippen molar-refractivity contribution in [3.63, 3.8) is 0 Å². The summed E-state index contributed by atoms with van der Waals surface area (Å²) in [5.41, 5.74) is 0. The standard InChI is InChI=1S/C23H40O20/c24-1-6-9(28)10(29)13(32)21(38-6)42-18-8(3-26)40-23(15(34)12(18)31)43-19-7(2-25)39-22(14(33)11(19)30)41-17-5(27)4-37-20(36)16(17)35/h5-36H,1-4H2/t5-,6-,7-,8-,9-,10+,11-,12-,13-,14-,15-,16+,17-,18-,19-,20?,21-,22-,23-/m1/s1. The predicted octanol–water partition coefficient (Wildman–Crippen LogP) is -9.11. The van der Waals surface area contributed by atoms with Gasteiger partial charge in [-0.1, -0.05) is 0 Å². The maximum atomic E-state index is 10.8. The Morgan fingerprint density at radius 3 is 1.28 bits per heavy atom. The fourth-order valence-electron chi connectivity index (χ4n) is 5.26. The molecule has 0 saturated carbocycles. The first-order valence-electron chi connectivity index (χ1n) is 13.5. The van der Waals surface area contributed by atoms with Crippen LogP contribution in [0, 0.1) is 0 Å². The van der Waals surface area contributed by atoms with Crippen LogP contribution in [0.4, 0.5) is 0 Å². The second-order valence-corrected chi connectivity index (χ2v) is 10.7. The molecule has 0 spiro atoms. The largest absolute Gasteiger partial charge is 0.394 e. The molecular formula is C23H40O20. The predicted molar refractivity (Wildman–Crippen MR) is 128 cm³/mol. The van der Waals surface area contributed by atoms with Crippen molar-refractivity contribution >= 4 is 0 Å². The van der Waals surface area contributed by atoms with E-state index in [4.69, 9.17) is 33.2 Å². The molecule has 20 nitrogen and oxygen atoms in total. The summed E-state index contributed by atoms with van der Waals surface area (Å²) >= 11 is 0. The fourth-order valence-corrected chi connectivity index (χ4v) is 5.26. The van der Waals surface area contributed by atoms with E-state index >= 15 is 0 Å². The van der Waals surface area contributed by atoms with Gasteiger partial charge in [-0.15, -0.1) is 0 Å².